The summed E-state index contributed by atoms with van der Waals surface area (Å²) in [5.74, 6) is -1.54. The minimum atomic E-state index is -1.01. The second kappa shape index (κ2) is 6.36. The average molecular weight is 267 g/mol. The van der Waals surface area contributed by atoms with E-state index < -0.39 is 17.9 Å². The Kier molecular flexibility index (Phi) is 5.09. The maximum Gasteiger partial charge on any atom is 0.326 e. The van der Waals surface area contributed by atoms with Crippen LogP contribution in [0.2, 0.25) is 0 Å². The first kappa shape index (κ1) is 15.2. The number of aliphatic carboxylic acids is 1. The number of carboxylic acid groups (broad SMARTS) is 1. The van der Waals surface area contributed by atoms with Gasteiger partial charge in [-0.05, 0) is 18.4 Å². The van der Waals surface area contributed by atoms with E-state index >= 15 is 0 Å². The fraction of sp³-hybridized carbons (Fsp3) is 0.615. The van der Waals surface area contributed by atoms with Crippen molar-refractivity contribution in [3.63, 3.8) is 0 Å². The third-order valence-electron chi connectivity index (χ3n) is 3.29. The van der Waals surface area contributed by atoms with Gasteiger partial charge in [0.25, 0.3) is 5.91 Å². The molecule has 19 heavy (non-hydrogen) atoms. The van der Waals surface area contributed by atoms with E-state index in [4.69, 9.17) is 5.11 Å². The Labute approximate surface area is 112 Å². The van der Waals surface area contributed by atoms with Crippen molar-refractivity contribution in [2.24, 2.45) is 13.0 Å². The maximum atomic E-state index is 12.1. The summed E-state index contributed by atoms with van der Waals surface area (Å²) in [6, 6.07) is 0.808. The van der Waals surface area contributed by atoms with Gasteiger partial charge in [0, 0.05) is 7.05 Å². The average Bonchev–Trinajstić information content (AvgIpc) is 2.75. The summed E-state index contributed by atoms with van der Waals surface area (Å²) >= 11 is 0. The molecule has 0 bridgehead atoms. The third-order valence-corrected chi connectivity index (χ3v) is 3.29. The Morgan fingerprint density at radius 2 is 2.11 bits per heavy atom. The van der Waals surface area contributed by atoms with Crippen LogP contribution >= 0.6 is 0 Å². The Hall–Kier alpha value is -1.85. The molecule has 0 aliphatic carbocycles. The van der Waals surface area contributed by atoms with Gasteiger partial charge < -0.3 is 10.4 Å². The van der Waals surface area contributed by atoms with Gasteiger partial charge in [0.2, 0.25) is 0 Å². The van der Waals surface area contributed by atoms with Crippen molar-refractivity contribution in [2.75, 3.05) is 0 Å². The summed E-state index contributed by atoms with van der Waals surface area (Å²) in [4.78, 5) is 23.3. The molecule has 0 spiro atoms. The number of rotatable bonds is 6. The molecule has 0 radical (unpaired) electrons. The number of carbonyl (C=O) groups excluding carboxylic acids is 1. The van der Waals surface area contributed by atoms with Crippen molar-refractivity contribution >= 4 is 11.9 Å². The highest BCUT2D eigenvalue weighted by Gasteiger charge is 2.26. The van der Waals surface area contributed by atoms with Crippen molar-refractivity contribution in [3.8, 4) is 0 Å². The van der Waals surface area contributed by atoms with Crippen LogP contribution in [0, 0.1) is 5.92 Å². The first-order chi connectivity index (χ1) is 8.90. The molecule has 2 unspecified atom stereocenters. The van der Waals surface area contributed by atoms with E-state index in [0.717, 1.165) is 12.1 Å². The van der Waals surface area contributed by atoms with Crippen molar-refractivity contribution in [1.29, 1.82) is 0 Å². The minimum Gasteiger partial charge on any atom is -0.480 e. The lowest BCUT2D eigenvalue weighted by atomic mass is 9.99. The highest BCUT2D eigenvalue weighted by atomic mass is 16.4. The van der Waals surface area contributed by atoms with Crippen LogP contribution in [0.15, 0.2) is 6.07 Å². The highest BCUT2D eigenvalue weighted by molar-refractivity contribution is 5.95. The fourth-order valence-corrected chi connectivity index (χ4v) is 1.81. The predicted octanol–water partition coefficient (Wildman–Crippen LogP) is 1.21. The molecule has 1 amide bonds. The van der Waals surface area contributed by atoms with Crippen LogP contribution in [0.1, 0.15) is 43.4 Å². The lowest BCUT2D eigenvalue weighted by Gasteiger charge is -2.19. The van der Waals surface area contributed by atoms with Crippen LogP contribution in [0.4, 0.5) is 0 Å². The number of hydrogen-bond acceptors (Lipinski definition) is 3. The lowest BCUT2D eigenvalue weighted by Crippen LogP contribution is -2.45. The standard InChI is InChI=1S/C13H21N3O3/c1-5-8(3)11(13(18)19)14-12(17)10-7-9(6-2)15-16(10)4/h7-8,11H,5-6H2,1-4H3,(H,14,17)(H,18,19). The van der Waals surface area contributed by atoms with E-state index in [1.165, 1.54) is 4.68 Å². The number of nitrogens with one attached hydrogen (secondary N) is 1. The lowest BCUT2D eigenvalue weighted by molar-refractivity contribution is -0.140. The molecular formula is C13H21N3O3. The van der Waals surface area contributed by atoms with Gasteiger partial charge in [0.1, 0.15) is 11.7 Å². The van der Waals surface area contributed by atoms with E-state index in [-0.39, 0.29) is 5.92 Å². The van der Waals surface area contributed by atoms with Gasteiger partial charge in [-0.25, -0.2) is 4.79 Å². The molecule has 0 aliphatic rings. The van der Waals surface area contributed by atoms with Gasteiger partial charge in [0.15, 0.2) is 0 Å². The SMILES string of the molecule is CCc1cc(C(=O)NC(C(=O)O)C(C)CC)n(C)n1. The van der Waals surface area contributed by atoms with Gasteiger partial charge in [-0.15, -0.1) is 0 Å². The first-order valence-corrected chi connectivity index (χ1v) is 6.47. The molecule has 1 heterocycles. The van der Waals surface area contributed by atoms with Gasteiger partial charge >= 0.3 is 5.97 Å². The number of aryl methyl sites for hydroxylation is 2. The minimum absolute atomic E-state index is 0.125. The van der Waals surface area contributed by atoms with Crippen molar-refractivity contribution in [2.45, 2.75) is 39.7 Å². The predicted molar refractivity (Wildman–Crippen MR) is 70.9 cm³/mol. The zero-order valence-corrected chi connectivity index (χ0v) is 11.8. The van der Waals surface area contributed by atoms with Gasteiger partial charge in [-0.1, -0.05) is 27.2 Å². The van der Waals surface area contributed by atoms with Crippen molar-refractivity contribution < 1.29 is 14.7 Å². The Morgan fingerprint density at radius 1 is 1.47 bits per heavy atom. The Morgan fingerprint density at radius 3 is 2.53 bits per heavy atom. The third kappa shape index (κ3) is 3.56. The van der Waals surface area contributed by atoms with Gasteiger partial charge in [-0.3, -0.25) is 9.48 Å². The van der Waals surface area contributed by atoms with Crippen LogP contribution in [-0.4, -0.2) is 32.8 Å². The van der Waals surface area contributed by atoms with Crippen LogP contribution in [-0.2, 0) is 18.3 Å². The molecule has 2 N–H and O–H groups in total. The van der Waals surface area contributed by atoms with Crippen molar-refractivity contribution in [1.82, 2.24) is 15.1 Å². The Balaban J connectivity index is 2.87. The van der Waals surface area contributed by atoms with Crippen LogP contribution in [0.3, 0.4) is 0 Å². The molecule has 6 heteroatoms. The molecule has 2 atom stereocenters. The molecule has 6 nitrogen and oxygen atoms in total. The van der Waals surface area contributed by atoms with E-state index in [1.807, 2.05) is 13.8 Å². The van der Waals surface area contributed by atoms with Gasteiger partial charge in [-0.2, -0.15) is 5.10 Å². The summed E-state index contributed by atoms with van der Waals surface area (Å²) in [7, 11) is 1.67. The second-order valence-corrected chi connectivity index (χ2v) is 4.67. The number of carboxylic acids is 1. The smallest absolute Gasteiger partial charge is 0.326 e. The zero-order valence-electron chi connectivity index (χ0n) is 11.8. The molecule has 1 aromatic rings. The fourth-order valence-electron chi connectivity index (χ4n) is 1.81. The van der Waals surface area contributed by atoms with E-state index in [9.17, 15) is 9.59 Å². The topological polar surface area (TPSA) is 84.2 Å². The number of amides is 1. The number of carbonyl (C=O) groups is 2. The maximum absolute atomic E-state index is 12.1. The monoisotopic (exact) mass is 267 g/mol. The molecule has 0 saturated carbocycles. The van der Waals surface area contributed by atoms with E-state index in [2.05, 4.69) is 10.4 Å². The molecular weight excluding hydrogens is 246 g/mol. The molecule has 1 aromatic heterocycles. The van der Waals surface area contributed by atoms with E-state index in [1.54, 1.807) is 20.0 Å². The number of aromatic nitrogens is 2. The zero-order chi connectivity index (χ0) is 14.6. The van der Waals surface area contributed by atoms with E-state index in [0.29, 0.717) is 12.1 Å². The summed E-state index contributed by atoms with van der Waals surface area (Å²) in [6.07, 6.45) is 1.41. The molecule has 106 valence electrons. The van der Waals surface area contributed by atoms with Crippen molar-refractivity contribution in [3.05, 3.63) is 17.5 Å². The summed E-state index contributed by atoms with van der Waals surface area (Å²) in [6.45, 7) is 5.65. The van der Waals surface area contributed by atoms with Crippen LogP contribution in [0.5, 0.6) is 0 Å². The highest BCUT2D eigenvalue weighted by Crippen LogP contribution is 2.10. The molecule has 0 aliphatic heterocycles. The Bertz CT molecular complexity index is 468. The molecule has 0 aromatic carbocycles. The van der Waals surface area contributed by atoms with Crippen LogP contribution in [0.25, 0.3) is 0 Å². The van der Waals surface area contributed by atoms with Gasteiger partial charge in [0.05, 0.1) is 5.69 Å². The number of hydrogen-bond donors (Lipinski definition) is 2. The first-order valence-electron chi connectivity index (χ1n) is 6.47. The summed E-state index contributed by atoms with van der Waals surface area (Å²) < 4.78 is 1.48. The number of nitrogens with zero attached hydrogens (tertiary/aromatic N) is 2. The quantitative estimate of drug-likeness (QED) is 0.811. The second-order valence-electron chi connectivity index (χ2n) is 4.67. The summed E-state index contributed by atoms with van der Waals surface area (Å²) in [5.41, 5.74) is 1.19. The molecule has 0 saturated heterocycles. The largest absolute Gasteiger partial charge is 0.480 e. The molecule has 1 rings (SSSR count). The molecule has 0 fully saturated rings. The van der Waals surface area contributed by atoms with Crippen LogP contribution < -0.4 is 5.32 Å². The summed E-state index contributed by atoms with van der Waals surface area (Å²) in [5, 5.41) is 15.9. The normalized spacial score (nSPS) is 13.9.